The molecular formula is C13H13ClFN3. The van der Waals surface area contributed by atoms with E-state index in [-0.39, 0.29) is 11.1 Å². The lowest BCUT2D eigenvalue weighted by Gasteiger charge is -2.18. The van der Waals surface area contributed by atoms with Gasteiger partial charge in [0, 0.05) is 12.4 Å². The minimum absolute atomic E-state index is 0.120. The van der Waals surface area contributed by atoms with Crippen molar-refractivity contribution in [2.24, 2.45) is 0 Å². The van der Waals surface area contributed by atoms with E-state index in [4.69, 9.17) is 11.6 Å². The first-order valence-corrected chi connectivity index (χ1v) is 6.05. The van der Waals surface area contributed by atoms with E-state index in [9.17, 15) is 4.39 Å². The average Bonchev–Trinajstić information content (AvgIpc) is 2.41. The average molecular weight is 266 g/mol. The van der Waals surface area contributed by atoms with Crippen molar-refractivity contribution in [2.75, 3.05) is 6.54 Å². The number of benzene rings is 1. The summed E-state index contributed by atoms with van der Waals surface area (Å²) in [7, 11) is 0. The summed E-state index contributed by atoms with van der Waals surface area (Å²) in [6.07, 6.45) is 4.85. The molecule has 0 radical (unpaired) electrons. The van der Waals surface area contributed by atoms with E-state index in [1.54, 1.807) is 30.7 Å². The topological polar surface area (TPSA) is 37.8 Å². The lowest BCUT2D eigenvalue weighted by atomic mass is 10.0. The van der Waals surface area contributed by atoms with E-state index in [0.717, 1.165) is 0 Å². The Morgan fingerprint density at radius 2 is 2.22 bits per heavy atom. The summed E-state index contributed by atoms with van der Waals surface area (Å²) in [5.41, 5.74) is 1.38. The van der Waals surface area contributed by atoms with Crippen LogP contribution < -0.4 is 5.32 Å². The van der Waals surface area contributed by atoms with Crippen molar-refractivity contribution in [3.8, 4) is 0 Å². The number of rotatable bonds is 4. The summed E-state index contributed by atoms with van der Waals surface area (Å²) in [5.74, 6) is -0.430. The van der Waals surface area contributed by atoms with Gasteiger partial charge in [-0.25, -0.2) is 4.39 Å². The smallest absolute Gasteiger partial charge is 0.142 e. The third-order valence-corrected chi connectivity index (χ3v) is 2.98. The van der Waals surface area contributed by atoms with Crippen molar-refractivity contribution in [1.29, 1.82) is 0 Å². The fraction of sp³-hybridized carbons (Fsp3) is 0.231. The van der Waals surface area contributed by atoms with E-state index in [1.807, 2.05) is 6.92 Å². The third-order valence-electron chi connectivity index (χ3n) is 2.58. The molecule has 1 aromatic carbocycles. The second kappa shape index (κ2) is 5.89. The van der Waals surface area contributed by atoms with Crippen LogP contribution in [0, 0.1) is 5.82 Å². The summed E-state index contributed by atoms with van der Waals surface area (Å²) in [6.45, 7) is 2.69. The largest absolute Gasteiger partial charge is 0.305 e. The SMILES string of the molecule is CCNC(c1cnccn1)c1cccc(F)c1Cl. The third kappa shape index (κ3) is 2.66. The van der Waals surface area contributed by atoms with Gasteiger partial charge in [-0.1, -0.05) is 30.7 Å². The van der Waals surface area contributed by atoms with Gasteiger partial charge < -0.3 is 5.32 Å². The van der Waals surface area contributed by atoms with E-state index in [1.165, 1.54) is 6.07 Å². The monoisotopic (exact) mass is 265 g/mol. The molecule has 0 saturated carbocycles. The number of aromatic nitrogens is 2. The predicted molar refractivity (Wildman–Crippen MR) is 69.0 cm³/mol. The molecule has 18 heavy (non-hydrogen) atoms. The molecule has 0 aliphatic carbocycles. The molecule has 0 aliphatic heterocycles. The van der Waals surface area contributed by atoms with Crippen molar-refractivity contribution < 1.29 is 4.39 Å². The lowest BCUT2D eigenvalue weighted by Crippen LogP contribution is -2.23. The normalized spacial score (nSPS) is 12.4. The van der Waals surface area contributed by atoms with E-state index in [0.29, 0.717) is 17.8 Å². The maximum Gasteiger partial charge on any atom is 0.142 e. The van der Waals surface area contributed by atoms with Crippen LogP contribution in [0.2, 0.25) is 5.02 Å². The van der Waals surface area contributed by atoms with Crippen LogP contribution in [-0.4, -0.2) is 16.5 Å². The highest BCUT2D eigenvalue weighted by atomic mass is 35.5. The minimum Gasteiger partial charge on any atom is -0.305 e. The van der Waals surface area contributed by atoms with Crippen molar-refractivity contribution in [1.82, 2.24) is 15.3 Å². The van der Waals surface area contributed by atoms with E-state index >= 15 is 0 Å². The van der Waals surface area contributed by atoms with Gasteiger partial charge in [-0.05, 0) is 18.2 Å². The molecule has 1 unspecified atom stereocenters. The fourth-order valence-corrected chi connectivity index (χ4v) is 2.02. The van der Waals surface area contributed by atoms with Gasteiger partial charge in [0.1, 0.15) is 5.82 Å². The number of hydrogen-bond acceptors (Lipinski definition) is 3. The molecule has 0 fully saturated rings. The van der Waals surface area contributed by atoms with Crippen molar-refractivity contribution >= 4 is 11.6 Å². The first-order chi connectivity index (χ1) is 8.74. The molecule has 0 bridgehead atoms. The van der Waals surface area contributed by atoms with Gasteiger partial charge in [0.2, 0.25) is 0 Å². The van der Waals surface area contributed by atoms with Crippen LogP contribution in [0.5, 0.6) is 0 Å². The van der Waals surface area contributed by atoms with Crippen molar-refractivity contribution in [2.45, 2.75) is 13.0 Å². The summed E-state index contributed by atoms with van der Waals surface area (Å²) < 4.78 is 13.5. The van der Waals surface area contributed by atoms with Crippen LogP contribution in [0.15, 0.2) is 36.8 Å². The maximum atomic E-state index is 13.5. The predicted octanol–water partition coefficient (Wildman–Crippen LogP) is 2.97. The van der Waals surface area contributed by atoms with Gasteiger partial charge in [-0.2, -0.15) is 0 Å². The van der Waals surface area contributed by atoms with Crippen LogP contribution in [0.3, 0.4) is 0 Å². The summed E-state index contributed by atoms with van der Waals surface area (Å²) in [6, 6.07) is 4.50. The number of hydrogen-bond donors (Lipinski definition) is 1. The van der Waals surface area contributed by atoms with Crippen LogP contribution in [-0.2, 0) is 0 Å². The van der Waals surface area contributed by atoms with Gasteiger partial charge in [-0.15, -0.1) is 0 Å². The minimum atomic E-state index is -0.430. The van der Waals surface area contributed by atoms with Gasteiger partial charge in [0.15, 0.2) is 0 Å². The quantitative estimate of drug-likeness (QED) is 0.924. The first-order valence-electron chi connectivity index (χ1n) is 5.67. The molecule has 1 heterocycles. The van der Waals surface area contributed by atoms with Crippen molar-refractivity contribution in [3.63, 3.8) is 0 Å². The zero-order valence-electron chi connectivity index (χ0n) is 9.90. The molecule has 2 rings (SSSR count). The van der Waals surface area contributed by atoms with Gasteiger partial charge in [0.05, 0.1) is 23.0 Å². The Bertz CT molecular complexity index is 519. The molecule has 2 aromatic rings. The molecule has 0 saturated heterocycles. The number of halogens is 2. The number of nitrogens with one attached hydrogen (secondary N) is 1. The maximum absolute atomic E-state index is 13.5. The van der Waals surface area contributed by atoms with Gasteiger partial charge in [-0.3, -0.25) is 9.97 Å². The van der Waals surface area contributed by atoms with Gasteiger partial charge >= 0.3 is 0 Å². The van der Waals surface area contributed by atoms with E-state index in [2.05, 4.69) is 15.3 Å². The summed E-state index contributed by atoms with van der Waals surface area (Å²) in [5, 5.41) is 3.35. The summed E-state index contributed by atoms with van der Waals surface area (Å²) in [4.78, 5) is 8.26. The standard InChI is InChI=1S/C13H13ClFN3/c1-2-17-13(11-8-16-6-7-18-11)9-4-3-5-10(15)12(9)14/h3-8,13,17H,2H2,1H3. The van der Waals surface area contributed by atoms with Crippen molar-refractivity contribution in [3.05, 3.63) is 58.9 Å². The molecule has 0 amide bonds. The molecule has 0 spiro atoms. The number of nitrogens with zero attached hydrogens (tertiary/aromatic N) is 2. The Balaban J connectivity index is 2.45. The van der Waals surface area contributed by atoms with E-state index < -0.39 is 5.82 Å². The lowest BCUT2D eigenvalue weighted by molar-refractivity contribution is 0.594. The molecule has 1 N–H and O–H groups in total. The van der Waals surface area contributed by atoms with Gasteiger partial charge in [0.25, 0.3) is 0 Å². The Morgan fingerprint density at radius 3 is 2.89 bits per heavy atom. The zero-order valence-corrected chi connectivity index (χ0v) is 10.7. The van der Waals surface area contributed by atoms with Crippen LogP contribution in [0.25, 0.3) is 0 Å². The van der Waals surface area contributed by atoms with Crippen LogP contribution >= 0.6 is 11.6 Å². The van der Waals surface area contributed by atoms with Crippen LogP contribution in [0.1, 0.15) is 24.2 Å². The fourth-order valence-electron chi connectivity index (χ4n) is 1.78. The molecule has 5 heteroatoms. The molecule has 0 aliphatic rings. The second-order valence-electron chi connectivity index (χ2n) is 3.76. The van der Waals surface area contributed by atoms with Crippen LogP contribution in [0.4, 0.5) is 4.39 Å². The molecule has 1 atom stereocenters. The molecule has 3 nitrogen and oxygen atoms in total. The summed E-state index contributed by atoms with van der Waals surface area (Å²) >= 11 is 6.01. The highest BCUT2D eigenvalue weighted by Gasteiger charge is 2.19. The molecular weight excluding hydrogens is 253 g/mol. The Morgan fingerprint density at radius 1 is 1.39 bits per heavy atom. The Kier molecular flexibility index (Phi) is 4.23. The zero-order chi connectivity index (χ0) is 13.0. The Hall–Kier alpha value is -1.52. The molecule has 1 aromatic heterocycles. The highest BCUT2D eigenvalue weighted by Crippen LogP contribution is 2.28. The Labute approximate surface area is 110 Å². The second-order valence-corrected chi connectivity index (χ2v) is 4.14. The first kappa shape index (κ1) is 12.9. The molecule has 94 valence electrons. The highest BCUT2D eigenvalue weighted by molar-refractivity contribution is 6.31.